The van der Waals surface area contributed by atoms with Gasteiger partial charge in [0.15, 0.2) is 0 Å². The molecule has 1 atom stereocenters. The van der Waals surface area contributed by atoms with E-state index in [9.17, 15) is 4.79 Å². The Kier molecular flexibility index (Phi) is 4.78. The van der Waals surface area contributed by atoms with Gasteiger partial charge in [-0.1, -0.05) is 0 Å². The van der Waals surface area contributed by atoms with Crippen LogP contribution in [0, 0.1) is 5.92 Å². The van der Waals surface area contributed by atoms with Crippen LogP contribution in [0.3, 0.4) is 0 Å². The summed E-state index contributed by atoms with van der Waals surface area (Å²) in [5.41, 5.74) is 0. The van der Waals surface area contributed by atoms with Gasteiger partial charge in [0.05, 0.1) is 6.54 Å². The van der Waals surface area contributed by atoms with Crippen molar-refractivity contribution in [2.24, 2.45) is 5.92 Å². The second-order valence-electron chi connectivity index (χ2n) is 6.78. The summed E-state index contributed by atoms with van der Waals surface area (Å²) >= 11 is 0. The van der Waals surface area contributed by atoms with Crippen LogP contribution in [-0.4, -0.2) is 83.5 Å². The zero-order valence-corrected chi connectivity index (χ0v) is 13.7. The molecule has 0 aliphatic carbocycles. The largest absolute Gasteiger partial charge is 0.339 e. The van der Waals surface area contributed by atoms with Crippen LogP contribution >= 0.6 is 0 Å². The van der Waals surface area contributed by atoms with Crippen molar-refractivity contribution in [1.29, 1.82) is 0 Å². The first-order valence-electron chi connectivity index (χ1n) is 8.26. The van der Waals surface area contributed by atoms with Gasteiger partial charge in [-0.2, -0.15) is 0 Å². The number of nitrogens with zero attached hydrogens (tertiary/aromatic N) is 5. The second-order valence-corrected chi connectivity index (χ2v) is 6.78. The van der Waals surface area contributed by atoms with E-state index in [-0.39, 0.29) is 5.91 Å². The minimum absolute atomic E-state index is 0.273. The van der Waals surface area contributed by atoms with Gasteiger partial charge in [0.2, 0.25) is 5.91 Å². The van der Waals surface area contributed by atoms with Crippen LogP contribution in [0.1, 0.15) is 12.2 Å². The molecule has 1 amide bonds. The molecule has 1 fully saturated rings. The summed E-state index contributed by atoms with van der Waals surface area (Å²) in [5.74, 6) is 2.09. The van der Waals surface area contributed by atoms with Crippen LogP contribution in [0.15, 0.2) is 12.4 Å². The number of hydrogen-bond donors (Lipinski definition) is 0. The van der Waals surface area contributed by atoms with Gasteiger partial charge in [0.1, 0.15) is 5.82 Å². The van der Waals surface area contributed by atoms with E-state index in [0.717, 1.165) is 45.7 Å². The molecular formula is C16H27N5O. The number of likely N-dealkylation sites (N-methyl/N-ethyl adjacent to an activating group) is 2. The number of imidazole rings is 1. The lowest BCUT2D eigenvalue weighted by molar-refractivity contribution is -0.133. The van der Waals surface area contributed by atoms with Gasteiger partial charge in [-0.3, -0.25) is 9.69 Å². The molecule has 2 aliphatic heterocycles. The number of carbonyl (C=O) groups is 1. The van der Waals surface area contributed by atoms with E-state index < -0.39 is 0 Å². The molecule has 22 heavy (non-hydrogen) atoms. The Morgan fingerprint density at radius 1 is 1.36 bits per heavy atom. The fourth-order valence-electron chi connectivity index (χ4n) is 3.48. The molecule has 0 N–H and O–H groups in total. The highest BCUT2D eigenvalue weighted by Gasteiger charge is 2.23. The van der Waals surface area contributed by atoms with Gasteiger partial charge in [0, 0.05) is 58.1 Å². The highest BCUT2D eigenvalue weighted by Crippen LogP contribution is 2.19. The average molecular weight is 305 g/mol. The smallest absolute Gasteiger partial charge is 0.236 e. The zero-order chi connectivity index (χ0) is 15.5. The summed E-state index contributed by atoms with van der Waals surface area (Å²) in [7, 11) is 4.18. The first-order valence-corrected chi connectivity index (χ1v) is 8.26. The predicted molar refractivity (Wildman–Crippen MR) is 85.6 cm³/mol. The molecule has 2 aliphatic rings. The number of aryl methyl sites for hydroxylation is 1. The lowest BCUT2D eigenvalue weighted by Gasteiger charge is -2.34. The topological polar surface area (TPSA) is 44.6 Å². The Balaban J connectivity index is 1.44. The zero-order valence-electron chi connectivity index (χ0n) is 13.7. The van der Waals surface area contributed by atoms with Crippen molar-refractivity contribution in [2.75, 3.05) is 53.4 Å². The molecule has 0 spiro atoms. The minimum atomic E-state index is 0.273. The van der Waals surface area contributed by atoms with Crippen molar-refractivity contribution in [3.8, 4) is 0 Å². The molecule has 1 aromatic heterocycles. The Labute approximate surface area is 132 Å². The first kappa shape index (κ1) is 15.5. The van der Waals surface area contributed by atoms with Crippen molar-refractivity contribution in [1.82, 2.24) is 24.3 Å². The van der Waals surface area contributed by atoms with E-state index in [4.69, 9.17) is 0 Å². The Morgan fingerprint density at radius 3 is 2.91 bits per heavy atom. The molecule has 3 rings (SSSR count). The molecule has 0 bridgehead atoms. The second kappa shape index (κ2) is 6.79. The summed E-state index contributed by atoms with van der Waals surface area (Å²) < 4.78 is 2.25. The maximum Gasteiger partial charge on any atom is 0.236 e. The van der Waals surface area contributed by atoms with Gasteiger partial charge in [-0.25, -0.2) is 4.98 Å². The third-order valence-electron chi connectivity index (χ3n) is 4.86. The summed E-state index contributed by atoms with van der Waals surface area (Å²) in [6.45, 7) is 6.26. The molecule has 1 aromatic rings. The van der Waals surface area contributed by atoms with Gasteiger partial charge in [-0.15, -0.1) is 0 Å². The monoisotopic (exact) mass is 305 g/mol. The molecule has 6 nitrogen and oxygen atoms in total. The number of rotatable bonds is 4. The summed E-state index contributed by atoms with van der Waals surface area (Å²) in [6.07, 6.45) is 6.18. The molecule has 0 saturated carbocycles. The van der Waals surface area contributed by atoms with E-state index in [1.807, 2.05) is 11.1 Å². The molecule has 0 radical (unpaired) electrons. The van der Waals surface area contributed by atoms with Gasteiger partial charge in [0.25, 0.3) is 0 Å². The van der Waals surface area contributed by atoms with Crippen LogP contribution in [-0.2, 0) is 17.8 Å². The van der Waals surface area contributed by atoms with E-state index in [2.05, 4.69) is 39.6 Å². The predicted octanol–water partition coefficient (Wildman–Crippen LogP) is 0.151. The SMILES string of the molecule is CN1CCN(C(=O)CN(C)C[C@H]2CCc3nccn3C2)CC1. The van der Waals surface area contributed by atoms with Crippen molar-refractivity contribution in [3.63, 3.8) is 0 Å². The first-order chi connectivity index (χ1) is 10.6. The van der Waals surface area contributed by atoms with Crippen molar-refractivity contribution in [2.45, 2.75) is 19.4 Å². The lowest BCUT2D eigenvalue weighted by atomic mass is 9.99. The molecule has 122 valence electrons. The quantitative estimate of drug-likeness (QED) is 0.794. The van der Waals surface area contributed by atoms with Crippen molar-refractivity contribution >= 4 is 5.91 Å². The summed E-state index contributed by atoms with van der Waals surface area (Å²) in [5, 5.41) is 0. The van der Waals surface area contributed by atoms with Crippen LogP contribution in [0.4, 0.5) is 0 Å². The Bertz CT molecular complexity index is 506. The van der Waals surface area contributed by atoms with Gasteiger partial charge < -0.3 is 14.4 Å². The van der Waals surface area contributed by atoms with Crippen LogP contribution < -0.4 is 0 Å². The number of amides is 1. The number of piperazine rings is 1. The Hall–Kier alpha value is -1.40. The number of aromatic nitrogens is 2. The fraction of sp³-hybridized carbons (Fsp3) is 0.750. The summed E-state index contributed by atoms with van der Waals surface area (Å²) in [4.78, 5) is 23.2. The normalized spacial score (nSPS) is 22.9. The van der Waals surface area contributed by atoms with Crippen molar-refractivity contribution in [3.05, 3.63) is 18.2 Å². The third kappa shape index (κ3) is 3.67. The lowest BCUT2D eigenvalue weighted by Crippen LogP contribution is -2.50. The molecular weight excluding hydrogens is 278 g/mol. The molecule has 0 unspecified atom stereocenters. The number of carbonyl (C=O) groups excluding carboxylic acids is 1. The van der Waals surface area contributed by atoms with Gasteiger partial charge >= 0.3 is 0 Å². The minimum Gasteiger partial charge on any atom is -0.339 e. The fourth-order valence-corrected chi connectivity index (χ4v) is 3.48. The maximum atomic E-state index is 12.4. The molecule has 6 heteroatoms. The molecule has 0 aromatic carbocycles. The maximum absolute atomic E-state index is 12.4. The van der Waals surface area contributed by atoms with E-state index in [1.165, 1.54) is 12.2 Å². The standard InChI is InChI=1S/C16H27N5O/c1-18-7-9-20(10-8-18)16(22)13-19(2)11-14-3-4-15-17-5-6-21(15)12-14/h5-6,14H,3-4,7-13H2,1-2H3/t14-/m1/s1. The van der Waals surface area contributed by atoms with Crippen LogP contribution in [0.25, 0.3) is 0 Å². The number of fused-ring (bicyclic) bond motifs is 1. The molecule has 3 heterocycles. The van der Waals surface area contributed by atoms with E-state index in [1.54, 1.807) is 0 Å². The number of hydrogen-bond acceptors (Lipinski definition) is 4. The van der Waals surface area contributed by atoms with Crippen LogP contribution in [0.5, 0.6) is 0 Å². The highest BCUT2D eigenvalue weighted by atomic mass is 16.2. The average Bonchev–Trinajstić information content (AvgIpc) is 2.95. The van der Waals surface area contributed by atoms with Gasteiger partial charge in [-0.05, 0) is 26.4 Å². The van der Waals surface area contributed by atoms with E-state index >= 15 is 0 Å². The highest BCUT2D eigenvalue weighted by molar-refractivity contribution is 5.78. The molecule has 1 saturated heterocycles. The Morgan fingerprint density at radius 2 is 2.14 bits per heavy atom. The van der Waals surface area contributed by atoms with E-state index in [0.29, 0.717) is 12.5 Å². The summed E-state index contributed by atoms with van der Waals surface area (Å²) in [6, 6.07) is 0. The third-order valence-corrected chi connectivity index (χ3v) is 4.86. The van der Waals surface area contributed by atoms with Crippen molar-refractivity contribution < 1.29 is 4.79 Å². The van der Waals surface area contributed by atoms with Crippen LogP contribution in [0.2, 0.25) is 0 Å².